The highest BCUT2D eigenvalue weighted by atomic mass is 35.5. The van der Waals surface area contributed by atoms with Gasteiger partial charge in [-0.3, -0.25) is 4.90 Å². The number of hydrogen-bond donors (Lipinski definition) is 1. The topological polar surface area (TPSA) is 58.6 Å². The minimum atomic E-state index is -4.68. The smallest absolute Gasteiger partial charge is 0.379 e. The second kappa shape index (κ2) is 9.01. The van der Waals surface area contributed by atoms with Crippen molar-refractivity contribution < 1.29 is 26.3 Å². The van der Waals surface area contributed by atoms with Gasteiger partial charge in [0.1, 0.15) is 4.90 Å². The molecule has 1 aliphatic heterocycles. The monoisotopic (exact) mass is 448 g/mol. The van der Waals surface area contributed by atoms with Crippen LogP contribution in [0.2, 0.25) is 5.02 Å². The van der Waals surface area contributed by atoms with Crippen LogP contribution in [-0.2, 0) is 20.9 Å². The molecule has 1 saturated heterocycles. The molecule has 2 aromatic carbocycles. The minimum absolute atomic E-state index is 0.274. The molecule has 0 radical (unpaired) electrons. The number of alkyl halides is 3. The molecule has 0 aromatic heterocycles. The van der Waals surface area contributed by atoms with E-state index >= 15 is 0 Å². The van der Waals surface area contributed by atoms with E-state index in [0.717, 1.165) is 12.1 Å². The first kappa shape index (κ1) is 22.0. The van der Waals surface area contributed by atoms with E-state index in [2.05, 4.69) is 4.72 Å². The third kappa shape index (κ3) is 5.70. The van der Waals surface area contributed by atoms with Gasteiger partial charge in [-0.15, -0.1) is 0 Å². The summed E-state index contributed by atoms with van der Waals surface area (Å²) in [5.74, 6) is 0. The lowest BCUT2D eigenvalue weighted by Crippen LogP contribution is -2.43. The van der Waals surface area contributed by atoms with Crippen molar-refractivity contribution in [2.75, 3.05) is 32.8 Å². The SMILES string of the molecule is O=S(=O)(NC(CN1CCOCC1)c1ccccc1)c1cc(C(F)(F)F)ccc1Cl. The van der Waals surface area contributed by atoms with E-state index < -0.39 is 32.7 Å². The summed E-state index contributed by atoms with van der Waals surface area (Å²) in [4.78, 5) is 1.44. The zero-order valence-electron chi connectivity index (χ0n) is 15.3. The van der Waals surface area contributed by atoms with Crippen LogP contribution in [0.4, 0.5) is 13.2 Å². The van der Waals surface area contributed by atoms with Crippen molar-refractivity contribution in [2.24, 2.45) is 0 Å². The number of morpholine rings is 1. The molecular formula is C19H20ClF3N2O3S. The molecule has 1 heterocycles. The van der Waals surface area contributed by atoms with E-state index in [0.29, 0.717) is 44.5 Å². The maximum atomic E-state index is 13.0. The number of rotatable bonds is 6. The fraction of sp³-hybridized carbons (Fsp3) is 0.368. The summed E-state index contributed by atoms with van der Waals surface area (Å²) < 4.78 is 72.9. The van der Waals surface area contributed by atoms with Crippen LogP contribution >= 0.6 is 11.6 Å². The predicted molar refractivity (Wildman–Crippen MR) is 103 cm³/mol. The molecule has 3 rings (SSSR count). The van der Waals surface area contributed by atoms with E-state index in [4.69, 9.17) is 16.3 Å². The molecule has 1 fully saturated rings. The van der Waals surface area contributed by atoms with Crippen molar-refractivity contribution in [1.29, 1.82) is 0 Å². The van der Waals surface area contributed by atoms with Gasteiger partial charge in [0.05, 0.1) is 29.8 Å². The first-order valence-corrected chi connectivity index (χ1v) is 10.8. The Balaban J connectivity index is 1.91. The van der Waals surface area contributed by atoms with Gasteiger partial charge < -0.3 is 4.74 Å². The van der Waals surface area contributed by atoms with Crippen LogP contribution in [0.5, 0.6) is 0 Å². The average Bonchev–Trinajstić information content (AvgIpc) is 2.68. The van der Waals surface area contributed by atoms with Gasteiger partial charge in [0.25, 0.3) is 0 Å². The van der Waals surface area contributed by atoms with Gasteiger partial charge in [0.15, 0.2) is 0 Å². The first-order chi connectivity index (χ1) is 13.7. The number of hydrogen-bond acceptors (Lipinski definition) is 4. The van der Waals surface area contributed by atoms with Gasteiger partial charge in [-0.1, -0.05) is 41.9 Å². The molecule has 0 aliphatic carbocycles. The molecule has 1 N–H and O–H groups in total. The molecule has 10 heteroatoms. The van der Waals surface area contributed by atoms with Crippen molar-refractivity contribution in [3.8, 4) is 0 Å². The Bertz CT molecular complexity index is 933. The summed E-state index contributed by atoms with van der Waals surface area (Å²) in [6, 6.07) is 10.5. The summed E-state index contributed by atoms with van der Waals surface area (Å²) in [5.41, 5.74) is -0.377. The number of benzene rings is 2. The number of sulfonamides is 1. The van der Waals surface area contributed by atoms with E-state index in [1.165, 1.54) is 0 Å². The van der Waals surface area contributed by atoms with Crippen LogP contribution < -0.4 is 4.72 Å². The minimum Gasteiger partial charge on any atom is -0.379 e. The molecule has 0 bridgehead atoms. The van der Waals surface area contributed by atoms with E-state index in [1.807, 2.05) is 4.90 Å². The van der Waals surface area contributed by atoms with Crippen LogP contribution in [-0.4, -0.2) is 46.2 Å². The van der Waals surface area contributed by atoms with Crippen molar-refractivity contribution >= 4 is 21.6 Å². The molecule has 158 valence electrons. The Hall–Kier alpha value is -1.65. The summed E-state index contributed by atoms with van der Waals surface area (Å²) >= 11 is 5.94. The summed E-state index contributed by atoms with van der Waals surface area (Å²) in [5, 5.41) is -0.274. The van der Waals surface area contributed by atoms with E-state index in [1.54, 1.807) is 30.3 Å². The lowest BCUT2D eigenvalue weighted by atomic mass is 10.1. The Morgan fingerprint density at radius 3 is 2.38 bits per heavy atom. The van der Waals surface area contributed by atoms with Crippen molar-refractivity contribution in [3.63, 3.8) is 0 Å². The maximum Gasteiger partial charge on any atom is 0.416 e. The number of nitrogens with zero attached hydrogens (tertiary/aromatic N) is 1. The maximum absolute atomic E-state index is 13.0. The molecule has 1 atom stereocenters. The molecule has 0 amide bonds. The molecule has 29 heavy (non-hydrogen) atoms. The average molecular weight is 449 g/mol. The predicted octanol–water partition coefficient (Wildman–Crippen LogP) is 3.71. The third-order valence-electron chi connectivity index (χ3n) is 4.59. The van der Waals surface area contributed by atoms with Crippen LogP contribution in [0, 0.1) is 0 Å². The molecule has 0 saturated carbocycles. The third-order valence-corrected chi connectivity index (χ3v) is 6.55. The summed E-state index contributed by atoms with van der Waals surface area (Å²) in [6.45, 7) is 2.69. The van der Waals surface area contributed by atoms with Crippen LogP contribution in [0.25, 0.3) is 0 Å². The van der Waals surface area contributed by atoms with Crippen LogP contribution in [0.15, 0.2) is 53.4 Å². The van der Waals surface area contributed by atoms with Gasteiger partial charge in [-0.2, -0.15) is 13.2 Å². The molecule has 0 spiro atoms. The van der Waals surface area contributed by atoms with Crippen molar-refractivity contribution in [2.45, 2.75) is 17.1 Å². The lowest BCUT2D eigenvalue weighted by molar-refractivity contribution is -0.137. The Morgan fingerprint density at radius 1 is 1.10 bits per heavy atom. The number of ether oxygens (including phenoxy) is 1. The zero-order valence-corrected chi connectivity index (χ0v) is 16.9. The van der Waals surface area contributed by atoms with Crippen molar-refractivity contribution in [3.05, 3.63) is 64.7 Å². The fourth-order valence-electron chi connectivity index (χ4n) is 3.07. The molecular weight excluding hydrogens is 429 g/mol. The highest BCUT2D eigenvalue weighted by Gasteiger charge is 2.33. The summed E-state index contributed by atoms with van der Waals surface area (Å²) in [7, 11) is -4.31. The van der Waals surface area contributed by atoms with Crippen LogP contribution in [0.3, 0.4) is 0 Å². The lowest BCUT2D eigenvalue weighted by Gasteiger charge is -2.31. The Kier molecular flexibility index (Phi) is 6.85. The van der Waals surface area contributed by atoms with Crippen molar-refractivity contribution in [1.82, 2.24) is 9.62 Å². The van der Waals surface area contributed by atoms with Gasteiger partial charge in [-0.05, 0) is 23.8 Å². The number of nitrogens with one attached hydrogen (secondary N) is 1. The molecule has 5 nitrogen and oxygen atoms in total. The van der Waals surface area contributed by atoms with E-state index in [9.17, 15) is 21.6 Å². The quantitative estimate of drug-likeness (QED) is 0.732. The van der Waals surface area contributed by atoms with Crippen LogP contribution in [0.1, 0.15) is 17.2 Å². The molecule has 1 unspecified atom stereocenters. The molecule has 1 aliphatic rings. The zero-order chi connectivity index (χ0) is 21.1. The fourth-order valence-corrected chi connectivity index (χ4v) is 4.82. The van der Waals surface area contributed by atoms with Gasteiger partial charge in [0.2, 0.25) is 10.0 Å². The highest BCUT2D eigenvalue weighted by molar-refractivity contribution is 7.89. The normalized spacial score (nSPS) is 17.2. The van der Waals surface area contributed by atoms with Gasteiger partial charge >= 0.3 is 6.18 Å². The molecule has 2 aromatic rings. The second-order valence-electron chi connectivity index (χ2n) is 6.64. The second-order valence-corrected chi connectivity index (χ2v) is 8.73. The van der Waals surface area contributed by atoms with Gasteiger partial charge in [0, 0.05) is 19.6 Å². The summed E-state index contributed by atoms with van der Waals surface area (Å²) in [6.07, 6.45) is -4.68. The highest BCUT2D eigenvalue weighted by Crippen LogP contribution is 2.33. The Morgan fingerprint density at radius 2 is 1.76 bits per heavy atom. The number of halogens is 4. The van der Waals surface area contributed by atoms with E-state index in [-0.39, 0.29) is 5.02 Å². The first-order valence-electron chi connectivity index (χ1n) is 8.91. The Labute approximate surface area is 172 Å². The van der Waals surface area contributed by atoms with Gasteiger partial charge in [-0.25, -0.2) is 13.1 Å². The standard InChI is InChI=1S/C19H20ClF3N2O3S/c20-16-7-6-15(19(21,22)23)12-18(16)29(26,27)24-17(14-4-2-1-3-5-14)13-25-8-10-28-11-9-25/h1-7,12,17,24H,8-11,13H2. The largest absolute Gasteiger partial charge is 0.416 e.